The van der Waals surface area contributed by atoms with E-state index in [4.69, 9.17) is 18.4 Å². The summed E-state index contributed by atoms with van der Waals surface area (Å²) in [6, 6.07) is 0.606. The van der Waals surface area contributed by atoms with Gasteiger partial charge in [0.25, 0.3) is 0 Å². The van der Waals surface area contributed by atoms with Gasteiger partial charge in [0.05, 0.1) is 13.2 Å². The van der Waals surface area contributed by atoms with Gasteiger partial charge in [0.1, 0.15) is 0 Å². The fraction of sp³-hybridized carbons (Fsp3) is 0.833. The summed E-state index contributed by atoms with van der Waals surface area (Å²) in [7, 11) is 2.03. The number of aliphatic hydroxyl groups excluding tert-OH is 1. The van der Waals surface area contributed by atoms with E-state index >= 15 is 0 Å². The van der Waals surface area contributed by atoms with Crippen molar-refractivity contribution in [1.82, 2.24) is 4.90 Å². The Kier molecular flexibility index (Phi) is 6.76. The summed E-state index contributed by atoms with van der Waals surface area (Å²) in [4.78, 5) is 24.8. The van der Waals surface area contributed by atoms with E-state index in [9.17, 15) is 9.59 Å². The van der Waals surface area contributed by atoms with Crippen LogP contribution in [0.5, 0.6) is 0 Å². The summed E-state index contributed by atoms with van der Waals surface area (Å²) in [5.74, 6) is -0.697. The van der Waals surface area contributed by atoms with Crippen LogP contribution in [0.15, 0.2) is 0 Å². The molecule has 1 atom stereocenters. The molecular formula is C12H23NO6Si. The number of nitrogens with zero attached hydrogens (tertiary/aromatic N) is 1. The van der Waals surface area contributed by atoms with Crippen molar-refractivity contribution in [2.24, 2.45) is 5.92 Å². The number of imide groups is 1. The van der Waals surface area contributed by atoms with Crippen LogP contribution in [0.2, 0.25) is 6.04 Å². The molecule has 8 heteroatoms. The first kappa shape index (κ1) is 17.2. The van der Waals surface area contributed by atoms with Crippen LogP contribution >= 0.6 is 0 Å². The van der Waals surface area contributed by atoms with E-state index in [1.807, 2.05) is 0 Å². The van der Waals surface area contributed by atoms with Crippen molar-refractivity contribution in [3.8, 4) is 0 Å². The maximum atomic E-state index is 12.0. The third-order valence-electron chi connectivity index (χ3n) is 3.63. The highest BCUT2D eigenvalue weighted by atomic mass is 28.4. The molecule has 0 bridgehead atoms. The summed E-state index contributed by atoms with van der Waals surface area (Å²) >= 11 is 0. The zero-order valence-electron chi connectivity index (χ0n) is 12.3. The molecular weight excluding hydrogens is 282 g/mol. The minimum Gasteiger partial charge on any atom is -0.395 e. The Labute approximate surface area is 120 Å². The molecule has 1 heterocycles. The molecule has 1 unspecified atom stereocenters. The molecule has 7 nitrogen and oxygen atoms in total. The maximum Gasteiger partial charge on any atom is 0.500 e. The molecule has 1 aliphatic heterocycles. The average molecular weight is 305 g/mol. The summed E-state index contributed by atoms with van der Waals surface area (Å²) in [6.07, 6.45) is 1.51. The molecule has 116 valence electrons. The van der Waals surface area contributed by atoms with E-state index in [0.717, 1.165) is 4.90 Å². The lowest BCUT2D eigenvalue weighted by Gasteiger charge is -2.24. The predicted molar refractivity (Wildman–Crippen MR) is 72.7 cm³/mol. The molecule has 1 fully saturated rings. The Morgan fingerprint density at radius 2 is 1.85 bits per heavy atom. The summed E-state index contributed by atoms with van der Waals surface area (Å²) in [5.41, 5.74) is 0. The monoisotopic (exact) mass is 305 g/mol. The molecule has 2 amide bonds. The summed E-state index contributed by atoms with van der Waals surface area (Å²) in [6.45, 7) is -0.113. The molecule has 0 aromatic carbocycles. The topological polar surface area (TPSA) is 85.3 Å². The lowest BCUT2D eigenvalue weighted by atomic mass is 10.0. The SMILES string of the molecule is CO[Si](CCCC1CC(=O)N(CCO)C1=O)(OC)OC. The number of amides is 2. The Morgan fingerprint density at radius 1 is 1.25 bits per heavy atom. The quantitative estimate of drug-likeness (QED) is 0.477. The molecule has 1 N–H and O–H groups in total. The second kappa shape index (κ2) is 7.84. The van der Waals surface area contributed by atoms with Gasteiger partial charge in [0.2, 0.25) is 11.8 Å². The molecule has 1 saturated heterocycles. The number of aliphatic hydroxyl groups is 1. The number of hydrogen-bond acceptors (Lipinski definition) is 6. The van der Waals surface area contributed by atoms with Crippen LogP contribution in [-0.4, -0.2) is 65.1 Å². The highest BCUT2D eigenvalue weighted by molar-refractivity contribution is 6.60. The van der Waals surface area contributed by atoms with Crippen LogP contribution in [-0.2, 0) is 22.9 Å². The van der Waals surface area contributed by atoms with E-state index in [1.54, 1.807) is 21.3 Å². The van der Waals surface area contributed by atoms with Crippen molar-refractivity contribution in [3.05, 3.63) is 0 Å². The predicted octanol–water partition coefficient (Wildman–Crippen LogP) is 0.0121. The van der Waals surface area contributed by atoms with Gasteiger partial charge in [-0.25, -0.2) is 0 Å². The van der Waals surface area contributed by atoms with Gasteiger partial charge < -0.3 is 18.4 Å². The Balaban J connectivity index is 2.47. The van der Waals surface area contributed by atoms with Gasteiger partial charge in [-0.3, -0.25) is 14.5 Å². The molecule has 0 aromatic rings. The minimum atomic E-state index is -2.61. The fourth-order valence-electron chi connectivity index (χ4n) is 2.43. The Hall–Kier alpha value is -0.803. The van der Waals surface area contributed by atoms with Crippen LogP contribution < -0.4 is 0 Å². The smallest absolute Gasteiger partial charge is 0.395 e. The molecule has 1 rings (SSSR count). The van der Waals surface area contributed by atoms with Crippen molar-refractivity contribution in [3.63, 3.8) is 0 Å². The van der Waals surface area contributed by atoms with Gasteiger partial charge in [-0.1, -0.05) is 0 Å². The summed E-state index contributed by atoms with van der Waals surface area (Å²) in [5, 5.41) is 8.84. The number of carbonyl (C=O) groups excluding carboxylic acids is 2. The Morgan fingerprint density at radius 3 is 2.35 bits per heavy atom. The van der Waals surface area contributed by atoms with Crippen molar-refractivity contribution in [1.29, 1.82) is 0 Å². The first-order valence-corrected chi connectivity index (χ1v) is 8.57. The van der Waals surface area contributed by atoms with Crippen LogP contribution in [0.25, 0.3) is 0 Å². The van der Waals surface area contributed by atoms with E-state index in [-0.39, 0.29) is 37.3 Å². The third kappa shape index (κ3) is 3.86. The van der Waals surface area contributed by atoms with Crippen molar-refractivity contribution >= 4 is 20.6 Å². The van der Waals surface area contributed by atoms with Crippen LogP contribution in [0.4, 0.5) is 0 Å². The van der Waals surface area contributed by atoms with Crippen molar-refractivity contribution in [2.45, 2.75) is 25.3 Å². The van der Waals surface area contributed by atoms with Gasteiger partial charge in [-0.15, -0.1) is 0 Å². The minimum absolute atomic E-state index is 0.0844. The normalized spacial score (nSPS) is 20.0. The fourth-order valence-corrected chi connectivity index (χ4v) is 4.18. The highest BCUT2D eigenvalue weighted by Crippen LogP contribution is 2.26. The first-order chi connectivity index (χ1) is 9.53. The average Bonchev–Trinajstić information content (AvgIpc) is 2.72. The second-order valence-corrected chi connectivity index (χ2v) is 7.79. The molecule has 0 spiro atoms. The van der Waals surface area contributed by atoms with Crippen molar-refractivity contribution in [2.75, 3.05) is 34.5 Å². The van der Waals surface area contributed by atoms with Gasteiger partial charge in [-0.2, -0.15) is 0 Å². The highest BCUT2D eigenvalue weighted by Gasteiger charge is 2.40. The van der Waals surface area contributed by atoms with E-state index < -0.39 is 8.80 Å². The molecule has 20 heavy (non-hydrogen) atoms. The molecule has 0 saturated carbocycles. The lowest BCUT2D eigenvalue weighted by molar-refractivity contribution is -0.140. The largest absolute Gasteiger partial charge is 0.500 e. The zero-order chi connectivity index (χ0) is 15.2. The summed E-state index contributed by atoms with van der Waals surface area (Å²) < 4.78 is 15.9. The van der Waals surface area contributed by atoms with Gasteiger partial charge in [0, 0.05) is 39.7 Å². The number of β-amino-alcohol motifs (C(OH)–C–C–N with tert-alkyl or cyclic N) is 1. The van der Waals surface area contributed by atoms with E-state index in [1.165, 1.54) is 0 Å². The zero-order valence-corrected chi connectivity index (χ0v) is 13.3. The van der Waals surface area contributed by atoms with Crippen LogP contribution in [0.3, 0.4) is 0 Å². The van der Waals surface area contributed by atoms with Gasteiger partial charge >= 0.3 is 8.80 Å². The number of likely N-dealkylation sites (tertiary alicyclic amines) is 1. The number of carbonyl (C=O) groups is 2. The standard InChI is InChI=1S/C12H23NO6Si/c1-17-20(18-2,19-3)8-4-5-10-9-11(15)13(6-7-14)12(10)16/h10,14H,4-9H2,1-3H3. The second-order valence-electron chi connectivity index (χ2n) is 4.70. The van der Waals surface area contributed by atoms with Crippen LogP contribution in [0.1, 0.15) is 19.3 Å². The van der Waals surface area contributed by atoms with Crippen LogP contribution in [0, 0.1) is 5.92 Å². The first-order valence-electron chi connectivity index (χ1n) is 6.64. The lowest BCUT2D eigenvalue weighted by Crippen LogP contribution is -2.42. The molecule has 0 aliphatic carbocycles. The Bertz CT molecular complexity index is 339. The molecule has 1 aliphatic rings. The van der Waals surface area contributed by atoms with Gasteiger partial charge in [-0.05, 0) is 12.8 Å². The number of hydrogen-bond donors (Lipinski definition) is 1. The van der Waals surface area contributed by atoms with Crippen molar-refractivity contribution < 1.29 is 28.0 Å². The van der Waals surface area contributed by atoms with E-state index in [0.29, 0.717) is 18.9 Å². The number of rotatable bonds is 9. The van der Waals surface area contributed by atoms with E-state index in [2.05, 4.69) is 0 Å². The third-order valence-corrected chi connectivity index (χ3v) is 6.46. The van der Waals surface area contributed by atoms with Gasteiger partial charge in [0.15, 0.2) is 0 Å². The molecule has 0 radical (unpaired) electrons. The maximum absolute atomic E-state index is 12.0. The molecule has 0 aromatic heterocycles.